The van der Waals surface area contributed by atoms with Crippen LogP contribution in [0.5, 0.6) is 0 Å². The van der Waals surface area contributed by atoms with Gasteiger partial charge in [0.25, 0.3) is 0 Å². The van der Waals surface area contributed by atoms with Crippen LogP contribution in [0, 0.1) is 0 Å². The molecule has 0 aliphatic heterocycles. The van der Waals surface area contributed by atoms with Gasteiger partial charge in [-0.1, -0.05) is 194 Å². The summed E-state index contributed by atoms with van der Waals surface area (Å²) in [5, 5.41) is 2.52. The van der Waals surface area contributed by atoms with Crippen molar-refractivity contribution in [2.75, 3.05) is 4.90 Å². The van der Waals surface area contributed by atoms with Crippen LogP contribution >= 0.6 is 0 Å². The minimum atomic E-state index is 1.09. The van der Waals surface area contributed by atoms with Gasteiger partial charge >= 0.3 is 0 Å². The van der Waals surface area contributed by atoms with Crippen LogP contribution in [0.4, 0.5) is 17.1 Å². The van der Waals surface area contributed by atoms with Gasteiger partial charge in [-0.2, -0.15) is 0 Å². The Morgan fingerprint density at radius 1 is 0.203 bits per heavy atom. The fraction of sp³-hybridized carbons (Fsp3) is 0. The average Bonchev–Trinajstić information content (AvgIpc) is 3.32. The van der Waals surface area contributed by atoms with E-state index in [0.29, 0.717) is 0 Å². The van der Waals surface area contributed by atoms with E-state index in [2.05, 4.69) is 254 Å². The smallest absolute Gasteiger partial charge is 0.0467 e. The molecule has 0 unspecified atom stereocenters. The van der Waals surface area contributed by atoms with Crippen molar-refractivity contribution >= 4 is 27.8 Å². The number of hydrogen-bond acceptors (Lipinski definition) is 1. The molecule has 0 aliphatic carbocycles. The molecule has 10 rings (SSSR count). The highest BCUT2D eigenvalue weighted by molar-refractivity contribution is 5.99. The van der Waals surface area contributed by atoms with Gasteiger partial charge in [0.2, 0.25) is 0 Å². The monoisotopic (exact) mass is 751 g/mol. The maximum absolute atomic E-state index is 2.36. The van der Waals surface area contributed by atoms with E-state index in [4.69, 9.17) is 0 Å². The van der Waals surface area contributed by atoms with Gasteiger partial charge < -0.3 is 4.90 Å². The van der Waals surface area contributed by atoms with E-state index in [9.17, 15) is 0 Å². The van der Waals surface area contributed by atoms with Crippen molar-refractivity contribution in [1.29, 1.82) is 0 Å². The lowest BCUT2D eigenvalue weighted by atomic mass is 9.84. The lowest BCUT2D eigenvalue weighted by molar-refractivity contribution is 1.28. The maximum Gasteiger partial charge on any atom is 0.0467 e. The van der Waals surface area contributed by atoms with E-state index in [0.717, 1.165) is 22.6 Å². The van der Waals surface area contributed by atoms with Crippen LogP contribution in [0.25, 0.3) is 77.5 Å². The molecule has 0 saturated carbocycles. The Hall–Kier alpha value is -7.74. The molecule has 10 aromatic rings. The Kier molecular flexibility index (Phi) is 9.68. The van der Waals surface area contributed by atoms with Crippen LogP contribution in [0.1, 0.15) is 0 Å². The fourth-order valence-corrected chi connectivity index (χ4v) is 8.29. The van der Waals surface area contributed by atoms with E-state index in [-0.39, 0.29) is 0 Å². The minimum Gasteiger partial charge on any atom is -0.310 e. The highest BCUT2D eigenvalue weighted by Gasteiger charge is 2.20. The van der Waals surface area contributed by atoms with E-state index >= 15 is 0 Å². The van der Waals surface area contributed by atoms with Crippen LogP contribution in [-0.4, -0.2) is 0 Å². The summed E-state index contributed by atoms with van der Waals surface area (Å²) in [6, 6.07) is 89.8. The third-order valence-corrected chi connectivity index (χ3v) is 11.2. The summed E-state index contributed by atoms with van der Waals surface area (Å²) in [7, 11) is 0. The Balaban J connectivity index is 1.06. The number of para-hydroxylation sites is 1. The SMILES string of the molecule is c1ccc(-c2cc(-c3ccccc3)c(-c3cccc(N(c4ccccc4)c4ccc(-c5ccc(-c6ccc7ccccc7c6)cc5)cc4)c3)c(-c3ccccc3)c2)cc1. The third-order valence-electron chi connectivity index (χ3n) is 11.2. The molecule has 1 nitrogen and oxygen atoms in total. The average molecular weight is 752 g/mol. The molecular weight excluding hydrogens is 711 g/mol. The molecule has 0 radical (unpaired) electrons. The predicted octanol–water partition coefficient (Wildman–Crippen LogP) is 16.3. The van der Waals surface area contributed by atoms with Gasteiger partial charge in [-0.3, -0.25) is 0 Å². The van der Waals surface area contributed by atoms with Gasteiger partial charge in [-0.05, 0) is 132 Å². The van der Waals surface area contributed by atoms with Crippen LogP contribution in [-0.2, 0) is 0 Å². The second kappa shape index (κ2) is 16.0. The van der Waals surface area contributed by atoms with Gasteiger partial charge in [-0.25, -0.2) is 0 Å². The molecule has 0 saturated heterocycles. The first kappa shape index (κ1) is 35.7. The van der Waals surface area contributed by atoms with Crippen molar-refractivity contribution in [2.45, 2.75) is 0 Å². The number of rotatable bonds is 9. The molecule has 0 fully saturated rings. The molecule has 1 heteroatoms. The maximum atomic E-state index is 2.36. The fourth-order valence-electron chi connectivity index (χ4n) is 8.29. The van der Waals surface area contributed by atoms with Crippen LogP contribution in [0.2, 0.25) is 0 Å². The standard InChI is InChI=1S/C58H41N/c1-5-16-42(17-6-1)52-40-56(47-19-7-2-8-20-47)58(57(41-52)48-21-9-3-10-22-48)51-24-15-27-55(39-51)59(53-25-11-4-12-26-53)54-36-34-45(35-37-54)44-28-30-46(31-29-44)50-33-32-43-18-13-14-23-49(43)38-50/h1-41H. The quantitative estimate of drug-likeness (QED) is 0.142. The summed E-state index contributed by atoms with van der Waals surface area (Å²) in [6.45, 7) is 0. The Labute approximate surface area is 346 Å². The predicted molar refractivity (Wildman–Crippen MR) is 251 cm³/mol. The Morgan fingerprint density at radius 2 is 0.610 bits per heavy atom. The molecule has 0 aliphatic rings. The first-order chi connectivity index (χ1) is 29.2. The molecule has 59 heavy (non-hydrogen) atoms. The number of benzene rings is 10. The molecule has 0 amide bonds. The van der Waals surface area contributed by atoms with Crippen molar-refractivity contribution in [3.8, 4) is 66.8 Å². The molecule has 10 aromatic carbocycles. The van der Waals surface area contributed by atoms with Crippen LogP contribution in [0.3, 0.4) is 0 Å². The van der Waals surface area contributed by atoms with Crippen LogP contribution in [0.15, 0.2) is 249 Å². The minimum absolute atomic E-state index is 1.09. The molecular formula is C58H41N. The zero-order chi connectivity index (χ0) is 39.4. The van der Waals surface area contributed by atoms with Crippen molar-refractivity contribution in [1.82, 2.24) is 0 Å². The topological polar surface area (TPSA) is 3.24 Å². The van der Waals surface area contributed by atoms with E-state index in [1.165, 1.54) is 72.0 Å². The molecule has 0 aromatic heterocycles. The van der Waals surface area contributed by atoms with Gasteiger partial charge in [0.15, 0.2) is 0 Å². The summed E-state index contributed by atoms with van der Waals surface area (Å²) >= 11 is 0. The number of anilines is 3. The van der Waals surface area contributed by atoms with E-state index < -0.39 is 0 Å². The highest BCUT2D eigenvalue weighted by Crippen LogP contribution is 2.45. The van der Waals surface area contributed by atoms with Crippen LogP contribution < -0.4 is 4.90 Å². The van der Waals surface area contributed by atoms with Gasteiger partial charge in [0, 0.05) is 17.1 Å². The summed E-state index contributed by atoms with van der Waals surface area (Å²) in [5.74, 6) is 0. The first-order valence-corrected chi connectivity index (χ1v) is 20.2. The second-order valence-corrected chi connectivity index (χ2v) is 15.0. The van der Waals surface area contributed by atoms with Gasteiger partial charge in [0.1, 0.15) is 0 Å². The zero-order valence-corrected chi connectivity index (χ0v) is 32.6. The molecule has 0 heterocycles. The van der Waals surface area contributed by atoms with Crippen molar-refractivity contribution in [3.63, 3.8) is 0 Å². The molecule has 0 N–H and O–H groups in total. The second-order valence-electron chi connectivity index (χ2n) is 15.0. The first-order valence-electron chi connectivity index (χ1n) is 20.2. The Morgan fingerprint density at radius 3 is 1.20 bits per heavy atom. The summed E-state index contributed by atoms with van der Waals surface area (Å²) in [4.78, 5) is 2.36. The van der Waals surface area contributed by atoms with Gasteiger partial charge in [0.05, 0.1) is 0 Å². The lowest BCUT2D eigenvalue weighted by Crippen LogP contribution is -2.10. The molecule has 0 bridgehead atoms. The van der Waals surface area contributed by atoms with Crippen molar-refractivity contribution in [3.05, 3.63) is 249 Å². The largest absolute Gasteiger partial charge is 0.310 e. The van der Waals surface area contributed by atoms with Crippen molar-refractivity contribution < 1.29 is 0 Å². The summed E-state index contributed by atoms with van der Waals surface area (Å²) < 4.78 is 0. The van der Waals surface area contributed by atoms with Crippen molar-refractivity contribution in [2.24, 2.45) is 0 Å². The Bertz CT molecular complexity index is 2930. The molecule has 278 valence electrons. The summed E-state index contributed by atoms with van der Waals surface area (Å²) in [5.41, 5.74) is 17.6. The zero-order valence-electron chi connectivity index (χ0n) is 32.6. The molecule has 0 spiro atoms. The highest BCUT2D eigenvalue weighted by atomic mass is 15.1. The number of fused-ring (bicyclic) bond motifs is 1. The number of hydrogen-bond donors (Lipinski definition) is 0. The van der Waals surface area contributed by atoms with E-state index in [1.807, 2.05) is 0 Å². The molecule has 0 atom stereocenters. The number of nitrogens with zero attached hydrogens (tertiary/aromatic N) is 1. The van der Waals surface area contributed by atoms with Gasteiger partial charge in [-0.15, -0.1) is 0 Å². The lowest BCUT2D eigenvalue weighted by Gasteiger charge is -2.27. The van der Waals surface area contributed by atoms with E-state index in [1.54, 1.807) is 0 Å². The summed E-state index contributed by atoms with van der Waals surface area (Å²) in [6.07, 6.45) is 0. The normalized spacial score (nSPS) is 11.1. The third kappa shape index (κ3) is 7.34.